The number of hydrogen-bond donors (Lipinski definition) is 0. The largest absolute Gasteiger partial charge is 0.439 e. The first-order chi connectivity index (χ1) is 18.8. The van der Waals surface area contributed by atoms with Crippen molar-refractivity contribution in [3.8, 4) is 5.75 Å². The molecule has 3 aromatic rings. The summed E-state index contributed by atoms with van der Waals surface area (Å²) in [5.74, 6) is 1.56. The Balaban J connectivity index is 1.45. The number of rotatable bonds is 7. The zero-order chi connectivity index (χ0) is 27.6. The van der Waals surface area contributed by atoms with Gasteiger partial charge in [-0.2, -0.15) is 4.57 Å². The number of nitrogens with zero attached hydrogens (tertiary/aromatic N) is 2. The van der Waals surface area contributed by atoms with E-state index in [-0.39, 0.29) is 5.41 Å². The number of aryl methyl sites for hydroxylation is 1. The maximum absolute atomic E-state index is 12.1. The molecule has 0 spiro atoms. The monoisotopic (exact) mass is 537 g/mol. The van der Waals surface area contributed by atoms with Crippen molar-refractivity contribution in [1.82, 2.24) is 0 Å². The molecule has 0 amide bonds. The lowest BCUT2D eigenvalue weighted by molar-refractivity contribution is -0.669. The number of aromatic nitrogens is 1. The van der Waals surface area contributed by atoms with E-state index in [2.05, 4.69) is 104 Å². The second kappa shape index (κ2) is 11.2. The van der Waals surface area contributed by atoms with E-state index in [1.807, 2.05) is 24.3 Å². The van der Waals surface area contributed by atoms with E-state index < -0.39 is 10.8 Å². The fourth-order valence-corrected chi connectivity index (χ4v) is 6.14. The van der Waals surface area contributed by atoms with Crippen LogP contribution in [0.3, 0.4) is 0 Å². The highest BCUT2D eigenvalue weighted by molar-refractivity contribution is 7.84. The summed E-state index contributed by atoms with van der Waals surface area (Å²) in [5, 5.41) is 1.26. The zero-order valence-corrected chi connectivity index (χ0v) is 24.1. The molecule has 1 aliphatic heterocycles. The molecule has 5 heteroatoms. The van der Waals surface area contributed by atoms with Crippen LogP contribution < -0.4 is 14.2 Å². The van der Waals surface area contributed by atoms with Gasteiger partial charge in [0.05, 0.1) is 5.69 Å². The lowest BCUT2D eigenvalue weighted by Crippen LogP contribution is -2.36. The van der Waals surface area contributed by atoms with E-state index in [1.54, 1.807) is 6.26 Å². The Morgan fingerprint density at radius 1 is 1.13 bits per heavy atom. The Labute approximate surface area is 234 Å². The summed E-state index contributed by atoms with van der Waals surface area (Å²) >= 11 is 0. The lowest BCUT2D eigenvalue weighted by Gasteiger charge is -2.30. The topological polar surface area (TPSA) is 33.4 Å². The molecule has 2 heterocycles. The van der Waals surface area contributed by atoms with E-state index >= 15 is 0 Å². The number of benzene rings is 2. The summed E-state index contributed by atoms with van der Waals surface area (Å²) < 4.78 is 20.7. The highest BCUT2D eigenvalue weighted by Gasteiger charge is 2.29. The molecular weight excluding hydrogens is 500 g/mol. The molecule has 0 fully saturated rings. The van der Waals surface area contributed by atoms with Gasteiger partial charge in [-0.1, -0.05) is 50.3 Å². The fraction of sp³-hybridized carbons (Fsp3) is 0.265. The van der Waals surface area contributed by atoms with Crippen LogP contribution in [0.4, 0.5) is 5.69 Å². The van der Waals surface area contributed by atoms with E-state index in [4.69, 9.17) is 4.74 Å². The van der Waals surface area contributed by atoms with Crippen LogP contribution in [-0.2, 0) is 17.3 Å². The second-order valence-corrected chi connectivity index (χ2v) is 12.3. The van der Waals surface area contributed by atoms with Crippen molar-refractivity contribution in [2.75, 3.05) is 17.7 Å². The van der Waals surface area contributed by atoms with Crippen LogP contribution in [0.15, 0.2) is 113 Å². The summed E-state index contributed by atoms with van der Waals surface area (Å²) in [6, 6.07) is 18.7. The van der Waals surface area contributed by atoms with Crippen molar-refractivity contribution in [1.29, 1.82) is 0 Å². The Bertz CT molecular complexity index is 1580. The molecule has 1 aromatic heterocycles. The summed E-state index contributed by atoms with van der Waals surface area (Å²) in [5.41, 5.74) is 6.04. The SMILES string of the molecule is C=CCN1C(=CC2=CC(=CC=Cc3ccc4ccccc4[n+]3CC)CC(C)(C)C2)Oc2ccc(S(C)=O)cc21. The van der Waals surface area contributed by atoms with Crippen LogP contribution in [0, 0.1) is 5.41 Å². The van der Waals surface area contributed by atoms with Crippen LogP contribution >= 0.6 is 0 Å². The van der Waals surface area contributed by atoms with Crippen molar-refractivity contribution in [2.45, 2.75) is 45.1 Å². The van der Waals surface area contributed by atoms with Gasteiger partial charge in [0, 0.05) is 58.2 Å². The molecule has 1 aliphatic carbocycles. The van der Waals surface area contributed by atoms with Crippen molar-refractivity contribution < 1.29 is 13.5 Å². The molecular formula is C34H37N2O2S+. The average molecular weight is 538 g/mol. The Kier molecular flexibility index (Phi) is 7.72. The van der Waals surface area contributed by atoms with Crippen LogP contribution in [0.1, 0.15) is 39.3 Å². The van der Waals surface area contributed by atoms with Gasteiger partial charge in [-0.25, -0.2) is 0 Å². The van der Waals surface area contributed by atoms with Crippen molar-refractivity contribution in [2.24, 2.45) is 5.41 Å². The molecule has 2 aromatic carbocycles. The average Bonchev–Trinajstić information content (AvgIpc) is 3.23. The first-order valence-corrected chi connectivity index (χ1v) is 15.1. The van der Waals surface area contributed by atoms with Crippen molar-refractivity contribution in [3.05, 3.63) is 114 Å². The van der Waals surface area contributed by atoms with Gasteiger partial charge in [0.1, 0.15) is 6.54 Å². The van der Waals surface area contributed by atoms with Gasteiger partial charge < -0.3 is 9.64 Å². The maximum atomic E-state index is 12.1. The van der Waals surface area contributed by atoms with E-state index in [9.17, 15) is 4.21 Å². The highest BCUT2D eigenvalue weighted by atomic mass is 32.2. The molecule has 0 radical (unpaired) electrons. The van der Waals surface area contributed by atoms with Crippen molar-refractivity contribution >= 4 is 33.5 Å². The van der Waals surface area contributed by atoms with E-state index in [0.29, 0.717) is 6.54 Å². The number of para-hydroxylation sites is 1. The third-order valence-electron chi connectivity index (χ3n) is 7.26. The van der Waals surface area contributed by atoms with Gasteiger partial charge in [-0.05, 0) is 66.7 Å². The molecule has 1 atom stereocenters. The number of hydrogen-bond acceptors (Lipinski definition) is 3. The lowest BCUT2D eigenvalue weighted by atomic mass is 9.75. The Hall–Kier alpha value is -3.70. The molecule has 2 aliphatic rings. The molecule has 0 saturated carbocycles. The molecule has 39 heavy (non-hydrogen) atoms. The van der Waals surface area contributed by atoms with Gasteiger partial charge in [0.2, 0.25) is 17.1 Å². The standard InChI is InChI=1S/C34H37N2O2S/c1-6-19-36-31-22-29(39(5)37)17-18-32(31)38-33(36)21-26-20-25(23-34(3,4)24-26)11-10-13-28-16-15-27-12-8-9-14-30(27)35(28)7-2/h6,8-18,20-22H,1,7,19,23-24H2,2-5H3/q+1. The predicted octanol–water partition coefficient (Wildman–Crippen LogP) is 7.50. The second-order valence-electron chi connectivity index (χ2n) is 11.0. The van der Waals surface area contributed by atoms with Gasteiger partial charge in [-0.15, -0.1) is 6.58 Å². The molecule has 0 bridgehead atoms. The number of fused-ring (bicyclic) bond motifs is 2. The first kappa shape index (κ1) is 26.9. The number of ether oxygens (including phenoxy) is 1. The number of allylic oxidation sites excluding steroid dienone is 6. The predicted molar refractivity (Wildman–Crippen MR) is 163 cm³/mol. The third kappa shape index (κ3) is 5.84. The molecule has 200 valence electrons. The van der Waals surface area contributed by atoms with E-state index in [0.717, 1.165) is 41.6 Å². The van der Waals surface area contributed by atoms with Crippen LogP contribution in [0.5, 0.6) is 5.75 Å². The van der Waals surface area contributed by atoms with Crippen LogP contribution in [-0.4, -0.2) is 17.0 Å². The minimum Gasteiger partial charge on any atom is -0.439 e. The van der Waals surface area contributed by atoms with Gasteiger partial charge in [-0.3, -0.25) is 4.21 Å². The van der Waals surface area contributed by atoms with E-state index in [1.165, 1.54) is 27.7 Å². The maximum Gasteiger partial charge on any atom is 0.212 e. The quantitative estimate of drug-likeness (QED) is 0.231. The summed E-state index contributed by atoms with van der Waals surface area (Å²) in [6.07, 6.45) is 16.6. The van der Waals surface area contributed by atoms with Gasteiger partial charge >= 0.3 is 0 Å². The Morgan fingerprint density at radius 3 is 2.72 bits per heavy atom. The summed E-state index contributed by atoms with van der Waals surface area (Å²) in [4.78, 5) is 2.90. The third-order valence-corrected chi connectivity index (χ3v) is 8.17. The van der Waals surface area contributed by atoms with Crippen LogP contribution in [0.25, 0.3) is 17.0 Å². The molecule has 4 nitrogen and oxygen atoms in total. The minimum atomic E-state index is -1.05. The fourth-order valence-electron chi connectivity index (χ4n) is 5.60. The highest BCUT2D eigenvalue weighted by Crippen LogP contribution is 2.43. The minimum absolute atomic E-state index is 0.133. The Morgan fingerprint density at radius 2 is 1.95 bits per heavy atom. The molecule has 5 rings (SSSR count). The van der Waals surface area contributed by atoms with Crippen molar-refractivity contribution in [3.63, 3.8) is 0 Å². The smallest absolute Gasteiger partial charge is 0.212 e. The normalized spacial score (nSPS) is 19.4. The molecule has 0 N–H and O–H groups in total. The van der Waals surface area contributed by atoms with Gasteiger partial charge in [0.25, 0.3) is 0 Å². The van der Waals surface area contributed by atoms with Gasteiger partial charge in [0.15, 0.2) is 5.75 Å². The summed E-state index contributed by atoms with van der Waals surface area (Å²) in [6.45, 7) is 12.3. The van der Waals surface area contributed by atoms with Crippen LogP contribution in [0.2, 0.25) is 0 Å². The molecule has 1 unspecified atom stereocenters. The number of anilines is 1. The number of pyridine rings is 1. The molecule has 0 saturated heterocycles. The first-order valence-electron chi connectivity index (χ1n) is 13.5. The summed E-state index contributed by atoms with van der Waals surface area (Å²) in [7, 11) is -1.05. The zero-order valence-electron chi connectivity index (χ0n) is 23.3.